The summed E-state index contributed by atoms with van der Waals surface area (Å²) in [6.07, 6.45) is 0. The Morgan fingerprint density at radius 2 is 2.40 bits per heavy atom. The van der Waals surface area contributed by atoms with Gasteiger partial charge in [-0.15, -0.1) is 0 Å². The molecular weight excluding hydrogens is 258 g/mol. The van der Waals surface area contributed by atoms with E-state index in [4.69, 9.17) is 10.5 Å². The highest BCUT2D eigenvalue weighted by atomic mass is 16.5. The highest BCUT2D eigenvalue weighted by molar-refractivity contribution is 5.96. The van der Waals surface area contributed by atoms with Crippen LogP contribution in [0.5, 0.6) is 0 Å². The standard InChI is InChI=1S/C14H21N3O3/c1-2-16-14(19)10-3-4-12(15)13(7-10)17-5-6-20-9-11(17)8-18/h3-4,7,11,18H,2,5-6,8-9,15H2,1H3,(H,16,19). The summed E-state index contributed by atoms with van der Waals surface area (Å²) in [6.45, 7) is 4.14. The maximum absolute atomic E-state index is 11.9. The number of carbonyl (C=O) groups excluding carboxylic acids is 1. The second-order valence-corrected chi connectivity index (χ2v) is 4.74. The number of anilines is 2. The van der Waals surface area contributed by atoms with Crippen LogP contribution in [0.15, 0.2) is 18.2 Å². The summed E-state index contributed by atoms with van der Waals surface area (Å²) in [4.78, 5) is 13.9. The zero-order valence-electron chi connectivity index (χ0n) is 11.6. The van der Waals surface area contributed by atoms with Gasteiger partial charge >= 0.3 is 0 Å². The summed E-state index contributed by atoms with van der Waals surface area (Å²) < 4.78 is 5.36. The van der Waals surface area contributed by atoms with E-state index in [2.05, 4.69) is 5.32 Å². The smallest absolute Gasteiger partial charge is 0.251 e. The third kappa shape index (κ3) is 3.02. The number of aliphatic hydroxyl groups excluding tert-OH is 1. The molecule has 1 amide bonds. The first-order chi connectivity index (χ1) is 9.67. The van der Waals surface area contributed by atoms with Gasteiger partial charge in [0.25, 0.3) is 5.91 Å². The zero-order valence-corrected chi connectivity index (χ0v) is 11.6. The molecule has 20 heavy (non-hydrogen) atoms. The highest BCUT2D eigenvalue weighted by Gasteiger charge is 2.24. The molecule has 6 heteroatoms. The molecule has 0 aliphatic carbocycles. The lowest BCUT2D eigenvalue weighted by Gasteiger charge is -2.37. The molecule has 0 spiro atoms. The van der Waals surface area contributed by atoms with Gasteiger partial charge in [0.2, 0.25) is 0 Å². The summed E-state index contributed by atoms with van der Waals surface area (Å²) in [5.74, 6) is -0.123. The molecule has 1 aliphatic rings. The van der Waals surface area contributed by atoms with Crippen LogP contribution >= 0.6 is 0 Å². The van der Waals surface area contributed by atoms with Crippen LogP contribution in [0.25, 0.3) is 0 Å². The van der Waals surface area contributed by atoms with Crippen LogP contribution in [-0.2, 0) is 4.74 Å². The molecule has 110 valence electrons. The summed E-state index contributed by atoms with van der Waals surface area (Å²) in [7, 11) is 0. The zero-order chi connectivity index (χ0) is 14.5. The van der Waals surface area contributed by atoms with Crippen molar-refractivity contribution in [2.24, 2.45) is 0 Å². The number of carbonyl (C=O) groups is 1. The topological polar surface area (TPSA) is 87.8 Å². The maximum Gasteiger partial charge on any atom is 0.251 e. The third-order valence-corrected chi connectivity index (χ3v) is 3.38. The number of amides is 1. The molecule has 1 fully saturated rings. The molecule has 6 nitrogen and oxygen atoms in total. The van der Waals surface area contributed by atoms with Crippen molar-refractivity contribution in [2.45, 2.75) is 13.0 Å². The Morgan fingerprint density at radius 1 is 1.60 bits per heavy atom. The van der Waals surface area contributed by atoms with Gasteiger partial charge in [0.15, 0.2) is 0 Å². The van der Waals surface area contributed by atoms with Gasteiger partial charge < -0.3 is 25.8 Å². The van der Waals surface area contributed by atoms with E-state index in [1.807, 2.05) is 11.8 Å². The van der Waals surface area contributed by atoms with Crippen LogP contribution in [0.1, 0.15) is 17.3 Å². The molecule has 0 saturated carbocycles. The van der Waals surface area contributed by atoms with Gasteiger partial charge in [-0.1, -0.05) is 0 Å². The summed E-state index contributed by atoms with van der Waals surface area (Å²) >= 11 is 0. The average Bonchev–Trinajstić information content (AvgIpc) is 2.48. The van der Waals surface area contributed by atoms with E-state index in [1.54, 1.807) is 18.2 Å². The molecule has 1 atom stereocenters. The van der Waals surface area contributed by atoms with Crippen molar-refractivity contribution in [1.29, 1.82) is 0 Å². The van der Waals surface area contributed by atoms with E-state index >= 15 is 0 Å². The number of nitrogen functional groups attached to an aromatic ring is 1. The Hall–Kier alpha value is -1.79. The van der Waals surface area contributed by atoms with Crippen molar-refractivity contribution in [2.75, 3.05) is 43.5 Å². The number of nitrogens with two attached hydrogens (primary N) is 1. The number of morpholine rings is 1. The van der Waals surface area contributed by atoms with Crippen LogP contribution in [0.2, 0.25) is 0 Å². The summed E-state index contributed by atoms with van der Waals surface area (Å²) in [6, 6.07) is 5.08. The van der Waals surface area contributed by atoms with Crippen molar-refractivity contribution in [1.82, 2.24) is 5.32 Å². The molecule has 0 radical (unpaired) electrons. The van der Waals surface area contributed by atoms with E-state index in [0.29, 0.717) is 37.6 Å². The normalized spacial score (nSPS) is 18.9. The largest absolute Gasteiger partial charge is 0.397 e. The van der Waals surface area contributed by atoms with Crippen molar-refractivity contribution >= 4 is 17.3 Å². The Labute approximate surface area is 118 Å². The molecule has 1 aliphatic heterocycles. The lowest BCUT2D eigenvalue weighted by atomic mass is 10.1. The molecular formula is C14H21N3O3. The maximum atomic E-state index is 11.9. The van der Waals surface area contributed by atoms with Gasteiger partial charge in [-0.3, -0.25) is 4.79 Å². The molecule has 1 unspecified atom stereocenters. The van der Waals surface area contributed by atoms with Crippen molar-refractivity contribution in [3.63, 3.8) is 0 Å². The molecule has 1 aromatic rings. The van der Waals surface area contributed by atoms with Crippen LogP contribution in [0.3, 0.4) is 0 Å². The number of hydrogen-bond donors (Lipinski definition) is 3. The lowest BCUT2D eigenvalue weighted by molar-refractivity contribution is 0.0728. The van der Waals surface area contributed by atoms with Gasteiger partial charge in [-0.2, -0.15) is 0 Å². The van der Waals surface area contributed by atoms with Gasteiger partial charge in [0, 0.05) is 18.7 Å². The van der Waals surface area contributed by atoms with Crippen LogP contribution in [0.4, 0.5) is 11.4 Å². The number of benzene rings is 1. The monoisotopic (exact) mass is 279 g/mol. The van der Waals surface area contributed by atoms with Crippen molar-refractivity contribution < 1.29 is 14.6 Å². The van der Waals surface area contributed by atoms with Gasteiger partial charge in [-0.25, -0.2) is 0 Å². The quantitative estimate of drug-likeness (QED) is 0.686. The lowest BCUT2D eigenvalue weighted by Crippen LogP contribution is -2.48. The fourth-order valence-electron chi connectivity index (χ4n) is 2.32. The van der Waals surface area contributed by atoms with Crippen molar-refractivity contribution in [3.05, 3.63) is 23.8 Å². The Kier molecular flexibility index (Phi) is 4.81. The molecule has 4 N–H and O–H groups in total. The first kappa shape index (κ1) is 14.6. The van der Waals surface area contributed by atoms with E-state index in [1.165, 1.54) is 0 Å². The number of hydrogen-bond acceptors (Lipinski definition) is 5. The minimum atomic E-state index is -0.129. The van der Waals surface area contributed by atoms with Crippen LogP contribution in [0, 0.1) is 0 Å². The number of ether oxygens (including phenoxy) is 1. The summed E-state index contributed by atoms with van der Waals surface area (Å²) in [5.41, 5.74) is 7.95. The Balaban J connectivity index is 2.29. The first-order valence-corrected chi connectivity index (χ1v) is 6.80. The minimum absolute atomic E-state index is 0.00910. The Morgan fingerprint density at radius 3 is 3.10 bits per heavy atom. The van der Waals surface area contributed by atoms with E-state index in [0.717, 1.165) is 5.69 Å². The molecule has 1 aromatic carbocycles. The average molecular weight is 279 g/mol. The molecule has 1 saturated heterocycles. The molecule has 1 heterocycles. The van der Waals surface area contributed by atoms with E-state index < -0.39 is 0 Å². The first-order valence-electron chi connectivity index (χ1n) is 6.80. The van der Waals surface area contributed by atoms with E-state index in [-0.39, 0.29) is 18.6 Å². The van der Waals surface area contributed by atoms with Gasteiger partial charge in [-0.05, 0) is 25.1 Å². The van der Waals surface area contributed by atoms with E-state index in [9.17, 15) is 9.90 Å². The summed E-state index contributed by atoms with van der Waals surface area (Å²) in [5, 5.41) is 12.2. The molecule has 0 bridgehead atoms. The van der Waals surface area contributed by atoms with Crippen LogP contribution < -0.4 is 16.0 Å². The SMILES string of the molecule is CCNC(=O)c1ccc(N)c(N2CCOCC2CO)c1. The second-order valence-electron chi connectivity index (χ2n) is 4.74. The van der Waals surface area contributed by atoms with Gasteiger partial charge in [0.05, 0.1) is 37.2 Å². The fraction of sp³-hybridized carbons (Fsp3) is 0.500. The fourth-order valence-corrected chi connectivity index (χ4v) is 2.32. The van der Waals surface area contributed by atoms with Crippen LogP contribution in [-0.4, -0.2) is 50.0 Å². The highest BCUT2D eigenvalue weighted by Crippen LogP contribution is 2.27. The molecule has 2 rings (SSSR count). The number of rotatable bonds is 4. The van der Waals surface area contributed by atoms with Crippen molar-refractivity contribution in [3.8, 4) is 0 Å². The van der Waals surface area contributed by atoms with Gasteiger partial charge in [0.1, 0.15) is 0 Å². The number of aliphatic hydroxyl groups is 1. The predicted octanol–water partition coefficient (Wildman–Crippen LogP) is 0.216. The number of nitrogens with one attached hydrogen (secondary N) is 1. The second kappa shape index (κ2) is 6.58. The predicted molar refractivity (Wildman–Crippen MR) is 77.9 cm³/mol. The third-order valence-electron chi connectivity index (χ3n) is 3.38. The minimum Gasteiger partial charge on any atom is -0.397 e. The number of nitrogens with zero attached hydrogens (tertiary/aromatic N) is 1. The molecule has 0 aromatic heterocycles. The Bertz CT molecular complexity index is 479.